The Morgan fingerprint density at radius 1 is 1.19 bits per heavy atom. The van der Waals surface area contributed by atoms with E-state index in [2.05, 4.69) is 31.2 Å². The van der Waals surface area contributed by atoms with Crippen molar-refractivity contribution in [1.29, 1.82) is 0 Å². The molecule has 32 heavy (non-hydrogen) atoms. The average Bonchev–Trinajstić information content (AvgIpc) is 3.32. The van der Waals surface area contributed by atoms with Crippen molar-refractivity contribution in [2.45, 2.75) is 47.0 Å². The number of rotatable bonds is 4. The molecule has 0 saturated carbocycles. The summed E-state index contributed by atoms with van der Waals surface area (Å²) in [5.74, 6) is 0.179. The lowest BCUT2D eigenvalue weighted by Gasteiger charge is -2.33. The normalized spacial score (nSPS) is 15.8. The zero-order valence-electron chi connectivity index (χ0n) is 19.1. The number of hydrogen-bond acceptors (Lipinski definition) is 6. The third-order valence-electron chi connectivity index (χ3n) is 6.24. The van der Waals surface area contributed by atoms with E-state index in [-0.39, 0.29) is 11.3 Å². The highest BCUT2D eigenvalue weighted by Crippen LogP contribution is 2.44. The number of anilines is 1. The molecule has 1 amide bonds. The number of methoxy groups -OCH3 is 1. The first-order chi connectivity index (χ1) is 15.2. The predicted octanol–water partition coefficient (Wildman–Crippen LogP) is 5.90. The summed E-state index contributed by atoms with van der Waals surface area (Å²) in [7, 11) is 1.37. The minimum atomic E-state index is -0.419. The highest BCUT2D eigenvalue weighted by molar-refractivity contribution is 7.17. The summed E-state index contributed by atoms with van der Waals surface area (Å²) in [5.41, 5.74) is 3.30. The molecule has 7 heteroatoms. The Bertz CT molecular complexity index is 1150. The standard InChI is InChI=1S/C25H28N2O4S/c1-14-19(21(27-31-14)15-9-7-6-8-10-15)22(28)26-23-20(24(29)30-5)17-12-11-16(25(2,3)4)13-18(17)32-23/h6-10,16H,11-13H2,1-5H3,(H,26,28)/t16-/m1/s1. The van der Waals surface area contributed by atoms with E-state index in [1.54, 1.807) is 6.92 Å². The lowest BCUT2D eigenvalue weighted by atomic mass is 9.72. The molecule has 0 fully saturated rings. The predicted molar refractivity (Wildman–Crippen MR) is 125 cm³/mol. The van der Waals surface area contributed by atoms with Gasteiger partial charge in [0.15, 0.2) is 0 Å². The molecule has 168 valence electrons. The molecule has 0 bridgehead atoms. The Hall–Kier alpha value is -2.93. The second-order valence-corrected chi connectivity index (χ2v) is 10.4. The Morgan fingerprint density at radius 2 is 1.91 bits per heavy atom. The van der Waals surface area contributed by atoms with Crippen LogP contribution in [0.25, 0.3) is 11.3 Å². The lowest BCUT2D eigenvalue weighted by Crippen LogP contribution is -2.26. The van der Waals surface area contributed by atoms with Crippen molar-refractivity contribution in [2.24, 2.45) is 11.3 Å². The van der Waals surface area contributed by atoms with Crippen LogP contribution in [0, 0.1) is 18.3 Å². The zero-order valence-corrected chi connectivity index (χ0v) is 19.9. The van der Waals surface area contributed by atoms with Gasteiger partial charge in [-0.15, -0.1) is 11.3 Å². The van der Waals surface area contributed by atoms with Crippen LogP contribution in [-0.2, 0) is 17.6 Å². The van der Waals surface area contributed by atoms with Gasteiger partial charge in [0.05, 0.1) is 12.7 Å². The summed E-state index contributed by atoms with van der Waals surface area (Å²) < 4.78 is 10.4. The fraction of sp³-hybridized carbons (Fsp3) is 0.400. The number of hydrogen-bond donors (Lipinski definition) is 1. The van der Waals surface area contributed by atoms with Gasteiger partial charge >= 0.3 is 5.97 Å². The van der Waals surface area contributed by atoms with Crippen molar-refractivity contribution in [3.63, 3.8) is 0 Å². The number of esters is 1. The van der Waals surface area contributed by atoms with Gasteiger partial charge in [0.25, 0.3) is 5.91 Å². The van der Waals surface area contributed by atoms with Gasteiger partial charge in [-0.1, -0.05) is 56.3 Å². The fourth-order valence-corrected chi connectivity index (χ4v) is 5.64. The van der Waals surface area contributed by atoms with Crippen LogP contribution < -0.4 is 5.32 Å². The summed E-state index contributed by atoms with van der Waals surface area (Å²) in [5, 5.41) is 7.60. The molecule has 2 heterocycles. The highest BCUT2D eigenvalue weighted by atomic mass is 32.1. The van der Waals surface area contributed by atoms with Gasteiger partial charge in [-0.05, 0) is 43.1 Å². The molecule has 1 aliphatic carbocycles. The van der Waals surface area contributed by atoms with Crippen molar-refractivity contribution < 1.29 is 18.8 Å². The van der Waals surface area contributed by atoms with Gasteiger partial charge in [0.1, 0.15) is 22.0 Å². The lowest BCUT2D eigenvalue weighted by molar-refractivity contribution is 0.0600. The molecule has 0 unspecified atom stereocenters. The number of aromatic nitrogens is 1. The summed E-state index contributed by atoms with van der Waals surface area (Å²) in [4.78, 5) is 27.2. The Labute approximate surface area is 192 Å². The molecular weight excluding hydrogens is 424 g/mol. The molecule has 0 aliphatic heterocycles. The SMILES string of the molecule is COC(=O)c1c(NC(=O)c2c(-c3ccccc3)noc2C)sc2c1CC[C@@H](C(C)(C)C)C2. The van der Waals surface area contributed by atoms with Crippen molar-refractivity contribution in [3.05, 3.63) is 57.7 Å². The van der Waals surface area contributed by atoms with Crippen molar-refractivity contribution in [3.8, 4) is 11.3 Å². The minimum absolute atomic E-state index is 0.181. The quantitative estimate of drug-likeness (QED) is 0.498. The molecule has 0 radical (unpaired) electrons. The average molecular weight is 453 g/mol. The van der Waals surface area contributed by atoms with E-state index in [9.17, 15) is 9.59 Å². The Morgan fingerprint density at radius 3 is 2.56 bits per heavy atom. The maximum absolute atomic E-state index is 13.3. The molecule has 4 rings (SSSR count). The molecule has 1 N–H and O–H groups in total. The second kappa shape index (κ2) is 8.54. The number of carbonyl (C=O) groups excluding carboxylic acids is 2. The smallest absolute Gasteiger partial charge is 0.341 e. The topological polar surface area (TPSA) is 81.4 Å². The van der Waals surface area contributed by atoms with Crippen LogP contribution >= 0.6 is 11.3 Å². The maximum atomic E-state index is 13.3. The third-order valence-corrected chi connectivity index (χ3v) is 7.41. The van der Waals surface area contributed by atoms with Crippen molar-refractivity contribution in [2.75, 3.05) is 12.4 Å². The number of fused-ring (bicyclic) bond motifs is 1. The molecule has 2 aromatic heterocycles. The number of amides is 1. The number of benzene rings is 1. The number of thiophene rings is 1. The monoisotopic (exact) mass is 452 g/mol. The van der Waals surface area contributed by atoms with E-state index in [1.165, 1.54) is 18.4 Å². The molecule has 0 spiro atoms. The molecule has 1 aliphatic rings. The van der Waals surface area contributed by atoms with E-state index >= 15 is 0 Å². The van der Waals surface area contributed by atoms with Crippen molar-refractivity contribution in [1.82, 2.24) is 5.16 Å². The van der Waals surface area contributed by atoms with Crippen molar-refractivity contribution >= 4 is 28.2 Å². The molecule has 0 saturated heterocycles. The van der Waals surface area contributed by atoms with Crippen LogP contribution in [0.1, 0.15) is 64.1 Å². The van der Waals surface area contributed by atoms with Crippen LogP contribution in [0.15, 0.2) is 34.9 Å². The number of carbonyl (C=O) groups is 2. The number of nitrogens with one attached hydrogen (secondary N) is 1. The summed E-state index contributed by atoms with van der Waals surface area (Å²) in [6.07, 6.45) is 2.70. The number of ether oxygens (including phenoxy) is 1. The highest BCUT2D eigenvalue weighted by Gasteiger charge is 2.35. The van der Waals surface area contributed by atoms with Crippen LogP contribution in [0.2, 0.25) is 0 Å². The van der Waals surface area contributed by atoms with E-state index in [4.69, 9.17) is 9.26 Å². The summed E-state index contributed by atoms with van der Waals surface area (Å²) >= 11 is 1.47. The van der Waals surface area contributed by atoms with Gasteiger partial charge in [-0.25, -0.2) is 4.79 Å². The number of nitrogens with zero attached hydrogens (tertiary/aromatic N) is 1. The first-order valence-electron chi connectivity index (χ1n) is 10.8. The molecule has 3 aromatic rings. The van der Waals surface area contributed by atoms with E-state index in [1.807, 2.05) is 30.3 Å². The number of aryl methyl sites for hydroxylation is 1. The van der Waals surface area contributed by atoms with Gasteiger partial charge in [0.2, 0.25) is 0 Å². The van der Waals surface area contributed by atoms with Crippen LogP contribution in [0.5, 0.6) is 0 Å². The summed E-state index contributed by atoms with van der Waals surface area (Å²) in [6, 6.07) is 9.43. The van der Waals surface area contributed by atoms with Crippen LogP contribution in [0.3, 0.4) is 0 Å². The van der Waals surface area contributed by atoms with Crippen LogP contribution in [-0.4, -0.2) is 24.1 Å². The molecule has 1 aromatic carbocycles. The van der Waals surface area contributed by atoms with Gasteiger partial charge < -0.3 is 14.6 Å². The molecule has 1 atom stereocenters. The van der Waals surface area contributed by atoms with Gasteiger partial charge in [-0.3, -0.25) is 4.79 Å². The maximum Gasteiger partial charge on any atom is 0.341 e. The summed E-state index contributed by atoms with van der Waals surface area (Å²) in [6.45, 7) is 8.46. The van der Waals surface area contributed by atoms with Gasteiger partial charge in [0, 0.05) is 10.4 Å². The first-order valence-corrected chi connectivity index (χ1v) is 11.6. The van der Waals surface area contributed by atoms with E-state index < -0.39 is 5.97 Å². The largest absolute Gasteiger partial charge is 0.465 e. The zero-order chi connectivity index (χ0) is 23.0. The van der Waals surface area contributed by atoms with E-state index in [0.29, 0.717) is 33.5 Å². The Kier molecular flexibility index (Phi) is 5.95. The Balaban J connectivity index is 1.70. The first kappa shape index (κ1) is 22.3. The second-order valence-electron chi connectivity index (χ2n) is 9.29. The van der Waals surface area contributed by atoms with E-state index in [0.717, 1.165) is 35.3 Å². The van der Waals surface area contributed by atoms with Gasteiger partial charge in [-0.2, -0.15) is 0 Å². The fourth-order valence-electron chi connectivity index (χ4n) is 4.33. The molecular formula is C25H28N2O4S. The molecule has 6 nitrogen and oxygen atoms in total. The third kappa shape index (κ3) is 4.09. The minimum Gasteiger partial charge on any atom is -0.465 e. The van der Waals surface area contributed by atoms with Crippen LogP contribution in [0.4, 0.5) is 5.00 Å².